The van der Waals surface area contributed by atoms with Crippen LogP contribution in [0.5, 0.6) is 0 Å². The summed E-state index contributed by atoms with van der Waals surface area (Å²) in [5.41, 5.74) is 0.514. The zero-order valence-electron chi connectivity index (χ0n) is 20.0. The molecule has 1 aromatic carbocycles. The Morgan fingerprint density at radius 3 is 2.56 bits per heavy atom. The second-order valence-electron chi connectivity index (χ2n) is 10.2. The van der Waals surface area contributed by atoms with Crippen LogP contribution in [0, 0.1) is 0 Å². The molecule has 2 unspecified atom stereocenters. The van der Waals surface area contributed by atoms with E-state index in [0.717, 1.165) is 45.2 Å². The van der Waals surface area contributed by atoms with Crippen molar-refractivity contribution in [2.75, 3.05) is 31.1 Å². The zero-order chi connectivity index (χ0) is 23.9. The SMILES string of the molecule is CC12CCC(=O)N1c1ccccc1C(=O)N2CCCC(=O)N1CCCCC1C(=O)N1CCCC1. The summed E-state index contributed by atoms with van der Waals surface area (Å²) >= 11 is 0. The molecule has 0 bridgehead atoms. The quantitative estimate of drug-likeness (QED) is 0.668. The molecule has 4 amide bonds. The smallest absolute Gasteiger partial charge is 0.257 e. The molecule has 0 aromatic heterocycles. The Labute approximate surface area is 200 Å². The van der Waals surface area contributed by atoms with E-state index in [1.807, 2.05) is 30.0 Å². The monoisotopic (exact) mass is 466 g/mol. The van der Waals surface area contributed by atoms with E-state index in [-0.39, 0.29) is 29.7 Å². The maximum Gasteiger partial charge on any atom is 0.257 e. The number of likely N-dealkylation sites (tertiary alicyclic amines) is 2. The fourth-order valence-corrected chi connectivity index (χ4v) is 6.21. The van der Waals surface area contributed by atoms with Crippen LogP contribution in [0.25, 0.3) is 0 Å². The van der Waals surface area contributed by atoms with Crippen LogP contribution in [0.1, 0.15) is 75.1 Å². The van der Waals surface area contributed by atoms with Crippen molar-refractivity contribution in [3.05, 3.63) is 29.8 Å². The number of hydrogen-bond acceptors (Lipinski definition) is 4. The van der Waals surface area contributed by atoms with Gasteiger partial charge in [0.1, 0.15) is 11.7 Å². The van der Waals surface area contributed by atoms with Crippen molar-refractivity contribution in [2.24, 2.45) is 0 Å². The molecular weight excluding hydrogens is 432 g/mol. The average Bonchev–Trinajstić information content (AvgIpc) is 3.49. The summed E-state index contributed by atoms with van der Waals surface area (Å²) in [6.07, 6.45) is 6.49. The predicted molar refractivity (Wildman–Crippen MR) is 127 cm³/mol. The molecular formula is C26H34N4O4. The summed E-state index contributed by atoms with van der Waals surface area (Å²) in [5, 5.41) is 0. The van der Waals surface area contributed by atoms with E-state index in [2.05, 4.69) is 0 Å². The minimum absolute atomic E-state index is 0.00777. The van der Waals surface area contributed by atoms with Crippen molar-refractivity contribution < 1.29 is 19.2 Å². The third-order valence-corrected chi connectivity index (χ3v) is 8.04. The lowest BCUT2D eigenvalue weighted by atomic mass is 9.97. The highest BCUT2D eigenvalue weighted by molar-refractivity contribution is 6.10. The van der Waals surface area contributed by atoms with Gasteiger partial charge >= 0.3 is 0 Å². The minimum atomic E-state index is -0.703. The van der Waals surface area contributed by atoms with Crippen molar-refractivity contribution in [3.8, 4) is 0 Å². The molecule has 1 aromatic rings. The van der Waals surface area contributed by atoms with E-state index in [1.54, 1.807) is 20.8 Å². The summed E-state index contributed by atoms with van der Waals surface area (Å²) in [6.45, 7) is 4.56. The van der Waals surface area contributed by atoms with Gasteiger partial charge in [-0.3, -0.25) is 24.1 Å². The van der Waals surface area contributed by atoms with Crippen LogP contribution in [0.4, 0.5) is 5.69 Å². The summed E-state index contributed by atoms with van der Waals surface area (Å²) < 4.78 is 0. The van der Waals surface area contributed by atoms with Gasteiger partial charge in [0, 0.05) is 39.0 Å². The fourth-order valence-electron chi connectivity index (χ4n) is 6.21. The number of piperidine rings is 1. The Morgan fingerprint density at radius 1 is 1.03 bits per heavy atom. The van der Waals surface area contributed by atoms with Crippen LogP contribution in [0.15, 0.2) is 24.3 Å². The molecule has 8 heteroatoms. The molecule has 34 heavy (non-hydrogen) atoms. The van der Waals surface area contributed by atoms with Crippen molar-refractivity contribution in [1.29, 1.82) is 0 Å². The third kappa shape index (κ3) is 3.77. The Bertz CT molecular complexity index is 1000. The average molecular weight is 467 g/mol. The molecule has 0 N–H and O–H groups in total. The van der Waals surface area contributed by atoms with Gasteiger partial charge in [-0.15, -0.1) is 0 Å². The molecule has 4 aliphatic heterocycles. The summed E-state index contributed by atoms with van der Waals surface area (Å²) in [7, 11) is 0. The van der Waals surface area contributed by atoms with Gasteiger partial charge in [-0.2, -0.15) is 0 Å². The van der Waals surface area contributed by atoms with Crippen molar-refractivity contribution in [2.45, 2.75) is 76.4 Å². The first kappa shape index (κ1) is 22.9. The van der Waals surface area contributed by atoms with Gasteiger partial charge in [-0.1, -0.05) is 12.1 Å². The predicted octanol–water partition coefficient (Wildman–Crippen LogP) is 2.77. The van der Waals surface area contributed by atoms with Gasteiger partial charge in [0.2, 0.25) is 17.7 Å². The number of para-hydroxylation sites is 1. The first-order chi connectivity index (χ1) is 16.4. The van der Waals surface area contributed by atoms with E-state index in [0.29, 0.717) is 50.0 Å². The number of carbonyl (C=O) groups excluding carboxylic acids is 4. The zero-order valence-corrected chi connectivity index (χ0v) is 20.0. The molecule has 0 spiro atoms. The molecule has 2 atom stereocenters. The maximum atomic E-state index is 13.4. The van der Waals surface area contributed by atoms with E-state index in [4.69, 9.17) is 0 Å². The van der Waals surface area contributed by atoms with E-state index >= 15 is 0 Å². The van der Waals surface area contributed by atoms with E-state index < -0.39 is 5.66 Å². The summed E-state index contributed by atoms with van der Waals surface area (Å²) in [4.78, 5) is 59.6. The number of nitrogens with zero attached hydrogens (tertiary/aromatic N) is 4. The minimum Gasteiger partial charge on any atom is -0.341 e. The molecule has 0 radical (unpaired) electrons. The van der Waals surface area contributed by atoms with Gasteiger partial charge in [-0.25, -0.2) is 0 Å². The number of anilines is 1. The third-order valence-electron chi connectivity index (χ3n) is 8.04. The number of hydrogen-bond donors (Lipinski definition) is 0. The van der Waals surface area contributed by atoms with Crippen molar-refractivity contribution >= 4 is 29.3 Å². The molecule has 3 fully saturated rings. The van der Waals surface area contributed by atoms with Crippen LogP contribution in [0.3, 0.4) is 0 Å². The van der Waals surface area contributed by atoms with Gasteiger partial charge in [0.15, 0.2) is 0 Å². The molecule has 0 aliphatic carbocycles. The summed E-state index contributed by atoms with van der Waals surface area (Å²) in [6, 6.07) is 6.93. The van der Waals surface area contributed by atoms with Crippen molar-refractivity contribution in [1.82, 2.24) is 14.7 Å². The Hall–Kier alpha value is -2.90. The first-order valence-corrected chi connectivity index (χ1v) is 12.7. The molecule has 182 valence electrons. The normalized spacial score (nSPS) is 26.7. The van der Waals surface area contributed by atoms with Crippen LogP contribution in [0.2, 0.25) is 0 Å². The molecule has 3 saturated heterocycles. The molecule has 4 aliphatic rings. The highest BCUT2D eigenvalue weighted by Crippen LogP contribution is 2.44. The second kappa shape index (κ2) is 9.04. The Balaban J connectivity index is 1.27. The second-order valence-corrected chi connectivity index (χ2v) is 10.2. The van der Waals surface area contributed by atoms with E-state index in [1.165, 1.54) is 0 Å². The number of amides is 4. The highest BCUT2D eigenvalue weighted by atomic mass is 16.2. The van der Waals surface area contributed by atoms with E-state index in [9.17, 15) is 19.2 Å². The Kier molecular flexibility index (Phi) is 6.08. The largest absolute Gasteiger partial charge is 0.341 e. The van der Waals surface area contributed by atoms with Crippen LogP contribution < -0.4 is 4.90 Å². The standard InChI is InChI=1S/C26H34N4O4/c1-26-14-13-23(32)30(26)20-10-3-2-9-19(20)24(33)29(26)18-8-12-22(31)28-17-5-4-11-21(28)25(34)27-15-6-7-16-27/h2-3,9-10,21H,4-8,11-18H2,1H3. The lowest BCUT2D eigenvalue weighted by Gasteiger charge is -2.48. The number of benzene rings is 1. The summed E-state index contributed by atoms with van der Waals surface area (Å²) in [5.74, 6) is 0.0317. The van der Waals surface area contributed by atoms with Crippen LogP contribution in [-0.4, -0.2) is 76.2 Å². The van der Waals surface area contributed by atoms with Crippen LogP contribution in [-0.2, 0) is 14.4 Å². The van der Waals surface area contributed by atoms with Crippen LogP contribution >= 0.6 is 0 Å². The van der Waals surface area contributed by atoms with Gasteiger partial charge in [0.05, 0.1) is 11.3 Å². The lowest BCUT2D eigenvalue weighted by Crippen LogP contribution is -2.62. The van der Waals surface area contributed by atoms with Gasteiger partial charge < -0.3 is 14.7 Å². The van der Waals surface area contributed by atoms with Gasteiger partial charge in [0.25, 0.3) is 5.91 Å². The van der Waals surface area contributed by atoms with Crippen molar-refractivity contribution in [3.63, 3.8) is 0 Å². The molecule has 4 heterocycles. The topological polar surface area (TPSA) is 81.2 Å². The van der Waals surface area contributed by atoms with Gasteiger partial charge in [-0.05, 0) is 64.0 Å². The molecule has 5 rings (SSSR count). The first-order valence-electron chi connectivity index (χ1n) is 12.7. The fraction of sp³-hybridized carbons (Fsp3) is 0.615. The Morgan fingerprint density at radius 2 is 1.76 bits per heavy atom. The lowest BCUT2D eigenvalue weighted by molar-refractivity contribution is -0.147. The molecule has 8 nitrogen and oxygen atoms in total. The number of rotatable bonds is 5. The number of carbonyl (C=O) groups is 4. The number of fused-ring (bicyclic) bond motifs is 3. The highest BCUT2D eigenvalue weighted by Gasteiger charge is 2.52. The molecule has 0 saturated carbocycles. The maximum absolute atomic E-state index is 13.4.